The first-order valence-corrected chi connectivity index (χ1v) is 13.5. The highest BCUT2D eigenvalue weighted by atomic mass is 19.4. The number of hydrogen-bond acceptors (Lipinski definition) is 8. The molecule has 4 heterocycles. The van der Waals surface area contributed by atoms with E-state index in [1.165, 1.54) is 11.0 Å². The van der Waals surface area contributed by atoms with E-state index in [1.54, 1.807) is 6.07 Å². The Kier molecular flexibility index (Phi) is 8.06. The molecule has 1 amide bonds. The van der Waals surface area contributed by atoms with Crippen LogP contribution in [0.1, 0.15) is 37.8 Å². The van der Waals surface area contributed by atoms with Crippen LogP contribution in [-0.4, -0.2) is 59.1 Å². The summed E-state index contributed by atoms with van der Waals surface area (Å²) in [4.78, 5) is 40.8. The fraction of sp³-hybridized carbons (Fsp3) is 0.429. The molecule has 0 spiro atoms. The third-order valence-electron chi connectivity index (χ3n) is 7.63. The van der Waals surface area contributed by atoms with Crippen molar-refractivity contribution < 1.29 is 26.7 Å². The molecular weight excluding hydrogens is 561 g/mol. The van der Waals surface area contributed by atoms with Crippen LogP contribution in [0.4, 0.5) is 39.5 Å². The third kappa shape index (κ3) is 6.02. The highest BCUT2D eigenvalue weighted by Gasteiger charge is 2.38. The fourth-order valence-electron chi connectivity index (χ4n) is 5.49. The van der Waals surface area contributed by atoms with Crippen LogP contribution in [0.15, 0.2) is 41.7 Å². The zero-order valence-corrected chi connectivity index (χ0v) is 22.9. The van der Waals surface area contributed by atoms with Crippen molar-refractivity contribution in [1.82, 2.24) is 15.0 Å². The molecule has 2 aliphatic heterocycles. The van der Waals surface area contributed by atoms with Gasteiger partial charge in [-0.25, -0.2) is 18.7 Å². The van der Waals surface area contributed by atoms with Gasteiger partial charge in [0.1, 0.15) is 11.6 Å². The van der Waals surface area contributed by atoms with E-state index < -0.39 is 35.7 Å². The number of amides is 1. The maximum absolute atomic E-state index is 14.1. The number of pyridine rings is 1. The van der Waals surface area contributed by atoms with E-state index in [1.807, 2.05) is 11.8 Å². The van der Waals surface area contributed by atoms with Crippen LogP contribution in [0.25, 0.3) is 11.3 Å². The Morgan fingerprint density at radius 2 is 1.79 bits per heavy atom. The Hall–Kier alpha value is -4.23. The van der Waals surface area contributed by atoms with Crippen LogP contribution in [0.5, 0.6) is 0 Å². The smallest absolute Gasteiger partial charge is 0.352 e. The minimum absolute atomic E-state index is 0.0585. The van der Waals surface area contributed by atoms with Gasteiger partial charge in [-0.2, -0.15) is 18.2 Å². The minimum Gasteiger partial charge on any atom is -0.352 e. The summed E-state index contributed by atoms with van der Waals surface area (Å²) < 4.78 is 69.8. The summed E-state index contributed by atoms with van der Waals surface area (Å²) in [6.45, 7) is 5.28. The maximum atomic E-state index is 14.1. The Morgan fingerprint density at radius 3 is 2.43 bits per heavy atom. The lowest BCUT2D eigenvalue weighted by Gasteiger charge is -2.42. The minimum atomic E-state index is -4.75. The number of halogens is 5. The molecule has 0 aliphatic carbocycles. The van der Waals surface area contributed by atoms with E-state index in [4.69, 9.17) is 4.98 Å². The summed E-state index contributed by atoms with van der Waals surface area (Å²) in [7, 11) is 0. The van der Waals surface area contributed by atoms with Crippen LogP contribution in [0, 0.1) is 16.5 Å². The van der Waals surface area contributed by atoms with Crippen molar-refractivity contribution in [2.24, 2.45) is 5.18 Å². The Labute approximate surface area is 238 Å². The van der Waals surface area contributed by atoms with E-state index in [2.05, 4.69) is 27.0 Å². The molecule has 2 aromatic heterocycles. The van der Waals surface area contributed by atoms with Crippen molar-refractivity contribution in [2.45, 2.75) is 51.4 Å². The van der Waals surface area contributed by atoms with Gasteiger partial charge in [-0.1, -0.05) is 0 Å². The maximum Gasteiger partial charge on any atom is 0.419 e. The second-order valence-electron chi connectivity index (χ2n) is 10.6. The number of nitroso groups, excluding NO2 is 1. The average molecular weight is 590 g/mol. The van der Waals surface area contributed by atoms with Crippen molar-refractivity contribution >= 4 is 23.5 Å². The van der Waals surface area contributed by atoms with Gasteiger partial charge in [-0.15, -0.1) is 4.91 Å². The van der Waals surface area contributed by atoms with Gasteiger partial charge >= 0.3 is 6.18 Å². The molecule has 2 saturated heterocycles. The van der Waals surface area contributed by atoms with E-state index in [0.717, 1.165) is 43.8 Å². The zero-order chi connectivity index (χ0) is 30.2. The van der Waals surface area contributed by atoms with Gasteiger partial charge in [0.2, 0.25) is 5.95 Å². The molecule has 5 rings (SSSR count). The van der Waals surface area contributed by atoms with E-state index >= 15 is 0 Å². The Balaban J connectivity index is 1.46. The van der Waals surface area contributed by atoms with Gasteiger partial charge in [0.25, 0.3) is 5.91 Å². The number of piperazine rings is 1. The second-order valence-corrected chi connectivity index (χ2v) is 10.6. The molecule has 2 atom stereocenters. The standard InChI is InChI=1S/C28H28F5N7O2/c1-16-4-3-7-40(16)27-35-23(19-5-6-21(29)22(30)12-19)13-24(36-27)39-9-8-38(15-17(39)2)26-20(28(31,32)33)10-18(14-34-26)11-25(41)37-42/h5-6,10,12-14,16-17H,3-4,7-9,11,15H2,1-2H3/t16-,17-/m0/s1. The average Bonchev–Trinajstić information content (AvgIpc) is 3.39. The molecule has 3 aromatic rings. The number of hydrogen-bond donors (Lipinski definition) is 0. The van der Waals surface area contributed by atoms with Gasteiger partial charge in [0.05, 0.1) is 17.7 Å². The van der Waals surface area contributed by atoms with Gasteiger partial charge in [0, 0.05) is 61.3 Å². The summed E-state index contributed by atoms with van der Waals surface area (Å²) in [6.07, 6.45) is -2.26. The van der Waals surface area contributed by atoms with Crippen LogP contribution >= 0.6 is 0 Å². The van der Waals surface area contributed by atoms with Crippen LogP contribution < -0.4 is 14.7 Å². The molecule has 0 unspecified atom stereocenters. The van der Waals surface area contributed by atoms with Crippen LogP contribution in [-0.2, 0) is 17.4 Å². The van der Waals surface area contributed by atoms with Gasteiger partial charge in [-0.05, 0) is 56.5 Å². The molecular formula is C28H28F5N7O2. The van der Waals surface area contributed by atoms with Crippen molar-refractivity contribution in [3.63, 3.8) is 0 Å². The van der Waals surface area contributed by atoms with Crippen molar-refractivity contribution in [3.05, 3.63) is 64.2 Å². The molecule has 0 radical (unpaired) electrons. The number of benzene rings is 1. The zero-order valence-electron chi connectivity index (χ0n) is 22.9. The van der Waals surface area contributed by atoms with Crippen LogP contribution in [0.2, 0.25) is 0 Å². The summed E-state index contributed by atoms with van der Waals surface area (Å²) in [5.41, 5.74) is -0.290. The normalized spacial score (nSPS) is 19.4. The summed E-state index contributed by atoms with van der Waals surface area (Å²) in [5, 5.41) is 2.24. The molecule has 222 valence electrons. The van der Waals surface area contributed by atoms with Crippen LogP contribution in [0.3, 0.4) is 0 Å². The second kappa shape index (κ2) is 11.6. The third-order valence-corrected chi connectivity index (χ3v) is 7.63. The summed E-state index contributed by atoms with van der Waals surface area (Å²) >= 11 is 0. The lowest BCUT2D eigenvalue weighted by Crippen LogP contribution is -2.53. The lowest BCUT2D eigenvalue weighted by atomic mass is 10.1. The number of rotatable bonds is 6. The molecule has 9 nitrogen and oxygen atoms in total. The predicted molar refractivity (Wildman–Crippen MR) is 146 cm³/mol. The summed E-state index contributed by atoms with van der Waals surface area (Å²) in [5.74, 6) is -2.38. The molecule has 0 bridgehead atoms. The number of anilines is 3. The lowest BCUT2D eigenvalue weighted by molar-refractivity contribution is -0.137. The van der Waals surface area contributed by atoms with Gasteiger partial charge < -0.3 is 14.7 Å². The number of alkyl halides is 3. The highest BCUT2D eigenvalue weighted by molar-refractivity contribution is 5.79. The first-order chi connectivity index (χ1) is 19.9. The molecule has 0 N–H and O–H groups in total. The first-order valence-electron chi connectivity index (χ1n) is 13.5. The largest absolute Gasteiger partial charge is 0.419 e. The van der Waals surface area contributed by atoms with Gasteiger partial charge in [0.15, 0.2) is 11.6 Å². The Bertz CT molecular complexity index is 1500. The molecule has 2 fully saturated rings. The fourth-order valence-corrected chi connectivity index (χ4v) is 5.49. The topological polar surface area (TPSA) is 94.9 Å². The Morgan fingerprint density at radius 1 is 1.00 bits per heavy atom. The monoisotopic (exact) mass is 589 g/mol. The number of aromatic nitrogens is 3. The van der Waals surface area contributed by atoms with Gasteiger partial charge in [-0.3, -0.25) is 4.79 Å². The first kappa shape index (κ1) is 29.3. The highest BCUT2D eigenvalue weighted by Crippen LogP contribution is 2.37. The van der Waals surface area contributed by atoms with E-state index in [0.29, 0.717) is 29.6 Å². The quantitative estimate of drug-likeness (QED) is 0.280. The van der Waals surface area contributed by atoms with Crippen molar-refractivity contribution in [1.29, 1.82) is 0 Å². The number of carbonyl (C=O) groups is 1. The molecule has 0 saturated carbocycles. The molecule has 1 aromatic carbocycles. The molecule has 2 aliphatic rings. The SMILES string of the molecule is C[C@H]1CN(c2ncc(CC(=O)N=O)cc2C(F)(F)F)CCN1c1cc(-c2ccc(F)c(F)c2)nc(N2CCC[C@@H]2C)n1. The van der Waals surface area contributed by atoms with Crippen molar-refractivity contribution in [2.75, 3.05) is 40.9 Å². The summed E-state index contributed by atoms with van der Waals surface area (Å²) in [6, 6.07) is 5.91. The number of carbonyl (C=O) groups excluding carboxylic acids is 1. The van der Waals surface area contributed by atoms with Crippen molar-refractivity contribution in [3.8, 4) is 11.3 Å². The van der Waals surface area contributed by atoms with E-state index in [9.17, 15) is 31.7 Å². The molecule has 14 heteroatoms. The predicted octanol–water partition coefficient (Wildman–Crippen LogP) is 5.37. The molecule has 42 heavy (non-hydrogen) atoms. The van der Waals surface area contributed by atoms with E-state index in [-0.39, 0.29) is 36.6 Å². The number of nitrogens with zero attached hydrogens (tertiary/aromatic N) is 7.